The van der Waals surface area contributed by atoms with Gasteiger partial charge in [-0.15, -0.1) is 0 Å². The number of carbonyl (C=O) groups is 2. The van der Waals surface area contributed by atoms with Gasteiger partial charge in [-0.1, -0.05) is 20.8 Å². The number of urea groups is 1. The summed E-state index contributed by atoms with van der Waals surface area (Å²) in [4.78, 5) is 36.9. The first-order valence-electron chi connectivity index (χ1n) is 8.14. The number of piperidine rings is 1. The molecule has 0 unspecified atom stereocenters. The highest BCUT2D eigenvalue weighted by molar-refractivity contribution is 5.92. The highest BCUT2D eigenvalue weighted by atomic mass is 16.2. The molecule has 1 aliphatic heterocycles. The number of likely N-dealkylation sites (tertiary alicyclic amines) is 1. The van der Waals surface area contributed by atoms with E-state index in [2.05, 4.69) is 41.6 Å². The van der Waals surface area contributed by atoms with Crippen molar-refractivity contribution in [2.45, 2.75) is 39.7 Å². The van der Waals surface area contributed by atoms with E-state index in [1.165, 1.54) is 12.1 Å². The largest absolute Gasteiger partial charge is 0.338 e. The lowest BCUT2D eigenvalue weighted by Gasteiger charge is -2.32. The van der Waals surface area contributed by atoms with Gasteiger partial charge in [0.05, 0.1) is 0 Å². The SMILES string of the molecule is CC(C)(C)CNC(=O)NC1CCN(C(=O)c2ccc(=O)[nH]n2)CC1. The first-order valence-corrected chi connectivity index (χ1v) is 8.14. The quantitative estimate of drug-likeness (QED) is 0.756. The van der Waals surface area contributed by atoms with Gasteiger partial charge < -0.3 is 15.5 Å². The van der Waals surface area contributed by atoms with Gasteiger partial charge >= 0.3 is 6.03 Å². The van der Waals surface area contributed by atoms with Crippen LogP contribution in [0, 0.1) is 5.41 Å². The smallest absolute Gasteiger partial charge is 0.315 e. The van der Waals surface area contributed by atoms with E-state index >= 15 is 0 Å². The van der Waals surface area contributed by atoms with Gasteiger partial charge in [0.15, 0.2) is 0 Å². The van der Waals surface area contributed by atoms with Crippen LogP contribution >= 0.6 is 0 Å². The third-order valence-corrected chi connectivity index (χ3v) is 3.79. The van der Waals surface area contributed by atoms with Gasteiger partial charge in [0, 0.05) is 31.7 Å². The van der Waals surface area contributed by atoms with Crippen LogP contribution in [0.5, 0.6) is 0 Å². The minimum atomic E-state index is -0.337. The fraction of sp³-hybridized carbons (Fsp3) is 0.625. The molecule has 1 aromatic heterocycles. The Morgan fingerprint density at radius 1 is 1.29 bits per heavy atom. The van der Waals surface area contributed by atoms with E-state index in [-0.39, 0.29) is 34.6 Å². The molecule has 1 fully saturated rings. The number of H-pyrrole nitrogens is 1. The summed E-state index contributed by atoms with van der Waals surface area (Å²) in [5, 5.41) is 11.8. The molecule has 0 saturated carbocycles. The van der Waals surface area contributed by atoms with Crippen molar-refractivity contribution in [2.24, 2.45) is 5.41 Å². The topological polar surface area (TPSA) is 107 Å². The molecule has 1 saturated heterocycles. The molecule has 0 spiro atoms. The number of hydrogen-bond donors (Lipinski definition) is 3. The predicted molar refractivity (Wildman–Crippen MR) is 89.8 cm³/mol. The first kappa shape index (κ1) is 18.0. The molecular weight excluding hydrogens is 310 g/mol. The molecule has 24 heavy (non-hydrogen) atoms. The lowest BCUT2D eigenvalue weighted by atomic mass is 9.97. The van der Waals surface area contributed by atoms with Crippen molar-refractivity contribution >= 4 is 11.9 Å². The van der Waals surface area contributed by atoms with E-state index in [0.29, 0.717) is 32.5 Å². The zero-order valence-electron chi connectivity index (χ0n) is 14.4. The monoisotopic (exact) mass is 335 g/mol. The summed E-state index contributed by atoms with van der Waals surface area (Å²) in [5.74, 6) is -0.207. The Balaban J connectivity index is 1.78. The van der Waals surface area contributed by atoms with Gasteiger partial charge in [0.2, 0.25) is 0 Å². The maximum atomic E-state index is 12.3. The Labute approximate surface area is 141 Å². The number of hydrogen-bond acceptors (Lipinski definition) is 4. The number of nitrogens with one attached hydrogen (secondary N) is 3. The number of carbonyl (C=O) groups excluding carboxylic acids is 2. The molecule has 0 atom stereocenters. The minimum absolute atomic E-state index is 0.0385. The summed E-state index contributed by atoms with van der Waals surface area (Å²) in [6, 6.07) is 2.59. The Morgan fingerprint density at radius 3 is 2.50 bits per heavy atom. The number of nitrogens with zero attached hydrogens (tertiary/aromatic N) is 2. The minimum Gasteiger partial charge on any atom is -0.338 e. The second-order valence-corrected chi connectivity index (χ2v) is 7.26. The molecule has 0 bridgehead atoms. The van der Waals surface area contributed by atoms with Crippen molar-refractivity contribution < 1.29 is 9.59 Å². The van der Waals surface area contributed by atoms with Crippen LogP contribution in [0.1, 0.15) is 44.1 Å². The lowest BCUT2D eigenvalue weighted by molar-refractivity contribution is 0.0701. The van der Waals surface area contributed by atoms with E-state index in [0.717, 1.165) is 0 Å². The molecule has 3 amide bonds. The summed E-state index contributed by atoms with van der Waals surface area (Å²) < 4.78 is 0. The number of aromatic amines is 1. The summed E-state index contributed by atoms with van der Waals surface area (Å²) >= 11 is 0. The van der Waals surface area contributed by atoms with Gasteiger partial charge in [-0.2, -0.15) is 5.10 Å². The van der Waals surface area contributed by atoms with Crippen molar-refractivity contribution in [3.8, 4) is 0 Å². The van der Waals surface area contributed by atoms with Crippen molar-refractivity contribution in [3.05, 3.63) is 28.2 Å². The Bertz CT molecular complexity index is 621. The zero-order chi connectivity index (χ0) is 17.7. The second-order valence-electron chi connectivity index (χ2n) is 7.26. The maximum Gasteiger partial charge on any atom is 0.315 e. The summed E-state index contributed by atoms with van der Waals surface area (Å²) in [6.07, 6.45) is 1.38. The van der Waals surface area contributed by atoms with E-state index in [1.807, 2.05) is 0 Å². The van der Waals surface area contributed by atoms with Crippen molar-refractivity contribution in [2.75, 3.05) is 19.6 Å². The van der Waals surface area contributed by atoms with Crippen LogP contribution < -0.4 is 16.2 Å². The van der Waals surface area contributed by atoms with Gasteiger partial charge in [-0.3, -0.25) is 9.59 Å². The van der Waals surface area contributed by atoms with Crippen molar-refractivity contribution in [1.82, 2.24) is 25.7 Å². The third-order valence-electron chi connectivity index (χ3n) is 3.79. The maximum absolute atomic E-state index is 12.3. The molecule has 8 nitrogen and oxygen atoms in total. The standard InChI is InChI=1S/C16H25N5O3/c1-16(2,3)10-17-15(24)18-11-6-8-21(9-7-11)14(23)12-4-5-13(22)20-19-12/h4-5,11H,6-10H2,1-3H3,(H,20,22)(H2,17,18,24). The Kier molecular flexibility index (Phi) is 5.58. The van der Waals surface area contributed by atoms with Crippen molar-refractivity contribution in [1.29, 1.82) is 0 Å². The Morgan fingerprint density at radius 2 is 1.96 bits per heavy atom. The molecule has 2 heterocycles. The average molecular weight is 335 g/mol. The van der Waals surface area contributed by atoms with Crippen LogP contribution in [-0.2, 0) is 0 Å². The molecule has 0 aromatic carbocycles. The van der Waals surface area contributed by atoms with Crippen LogP contribution in [0.15, 0.2) is 16.9 Å². The molecule has 2 rings (SSSR count). The fourth-order valence-corrected chi connectivity index (χ4v) is 2.43. The van der Waals surface area contributed by atoms with E-state index in [1.54, 1.807) is 4.90 Å². The molecule has 1 aliphatic rings. The first-order chi connectivity index (χ1) is 11.2. The molecular formula is C16H25N5O3. The molecule has 3 N–H and O–H groups in total. The fourth-order valence-electron chi connectivity index (χ4n) is 2.43. The van der Waals surface area contributed by atoms with Gasteiger partial charge in [0.25, 0.3) is 11.5 Å². The highest BCUT2D eigenvalue weighted by Gasteiger charge is 2.25. The lowest BCUT2D eigenvalue weighted by Crippen LogP contribution is -2.50. The second kappa shape index (κ2) is 7.46. The number of rotatable bonds is 3. The highest BCUT2D eigenvalue weighted by Crippen LogP contribution is 2.13. The number of aromatic nitrogens is 2. The molecule has 132 valence electrons. The molecule has 0 aliphatic carbocycles. The third kappa shape index (κ3) is 5.36. The molecule has 8 heteroatoms. The number of amides is 3. The molecule has 0 radical (unpaired) electrons. The zero-order valence-corrected chi connectivity index (χ0v) is 14.4. The van der Waals surface area contributed by atoms with E-state index < -0.39 is 0 Å². The van der Waals surface area contributed by atoms with Crippen LogP contribution in [0.25, 0.3) is 0 Å². The van der Waals surface area contributed by atoms with E-state index in [9.17, 15) is 14.4 Å². The van der Waals surface area contributed by atoms with Gasteiger partial charge in [-0.05, 0) is 24.3 Å². The van der Waals surface area contributed by atoms with E-state index in [4.69, 9.17) is 0 Å². The summed E-state index contributed by atoms with van der Waals surface area (Å²) in [7, 11) is 0. The van der Waals surface area contributed by atoms with Crippen LogP contribution in [0.3, 0.4) is 0 Å². The summed E-state index contributed by atoms with van der Waals surface area (Å²) in [5.41, 5.74) is -0.0730. The van der Waals surface area contributed by atoms with Crippen LogP contribution in [0.2, 0.25) is 0 Å². The molecule has 1 aromatic rings. The normalized spacial score (nSPS) is 15.9. The van der Waals surface area contributed by atoms with Gasteiger partial charge in [0.1, 0.15) is 5.69 Å². The van der Waals surface area contributed by atoms with Crippen LogP contribution in [-0.4, -0.2) is 52.7 Å². The predicted octanol–water partition coefficient (Wildman–Crippen LogP) is 0.720. The average Bonchev–Trinajstić information content (AvgIpc) is 2.53. The summed E-state index contributed by atoms with van der Waals surface area (Å²) in [6.45, 7) is 7.87. The van der Waals surface area contributed by atoms with Gasteiger partial charge in [-0.25, -0.2) is 9.89 Å². The van der Waals surface area contributed by atoms with Crippen LogP contribution in [0.4, 0.5) is 4.79 Å². The van der Waals surface area contributed by atoms with Crippen molar-refractivity contribution in [3.63, 3.8) is 0 Å². The Hall–Kier alpha value is -2.38.